The number of hydrogen-bond donors (Lipinski definition) is 1. The Bertz CT molecular complexity index is 467. The van der Waals surface area contributed by atoms with Crippen LogP contribution in [0.4, 0.5) is 5.13 Å². The molecule has 0 bridgehead atoms. The normalized spacial score (nSPS) is 16.9. The van der Waals surface area contributed by atoms with E-state index >= 15 is 0 Å². The van der Waals surface area contributed by atoms with Gasteiger partial charge in [0.2, 0.25) is 6.41 Å². The lowest BCUT2D eigenvalue weighted by Crippen LogP contribution is -2.15. The van der Waals surface area contributed by atoms with Crippen molar-refractivity contribution in [2.75, 3.05) is 5.32 Å². The third-order valence-corrected chi connectivity index (χ3v) is 3.69. The predicted octanol–water partition coefficient (Wildman–Crippen LogP) is 1.96. The van der Waals surface area contributed by atoms with Crippen LogP contribution in [0.2, 0.25) is 0 Å². The van der Waals surface area contributed by atoms with Gasteiger partial charge in [-0.3, -0.25) is 9.59 Å². The summed E-state index contributed by atoms with van der Waals surface area (Å²) in [7, 11) is 0. The van der Waals surface area contributed by atoms with E-state index < -0.39 is 0 Å². The van der Waals surface area contributed by atoms with E-state index in [4.69, 9.17) is 4.84 Å². The van der Waals surface area contributed by atoms with Crippen LogP contribution >= 0.6 is 11.3 Å². The molecular weight excluding hydrogens is 266 g/mol. The summed E-state index contributed by atoms with van der Waals surface area (Å²) in [6.45, 7) is 0. The number of carbonyl (C=O) groups excluding carboxylic acids is 2. The maximum atomic E-state index is 11.0. The Hall–Kier alpha value is -1.76. The zero-order chi connectivity index (χ0) is 13.5. The van der Waals surface area contributed by atoms with Gasteiger partial charge in [-0.15, -0.1) is 11.3 Å². The number of nitrogens with one attached hydrogen (secondary N) is 1. The van der Waals surface area contributed by atoms with E-state index in [9.17, 15) is 9.59 Å². The zero-order valence-corrected chi connectivity index (χ0v) is 11.2. The largest absolute Gasteiger partial charge is 0.392 e. The van der Waals surface area contributed by atoms with E-state index in [1.165, 1.54) is 17.8 Å². The monoisotopic (exact) mass is 281 g/mol. The van der Waals surface area contributed by atoms with E-state index in [0.717, 1.165) is 25.7 Å². The molecule has 1 N–H and O–H groups in total. The molecule has 102 valence electrons. The summed E-state index contributed by atoms with van der Waals surface area (Å²) < 4.78 is 0. The summed E-state index contributed by atoms with van der Waals surface area (Å²) in [5.41, 5.74) is 0.570. The molecule has 0 atom stereocenters. The first kappa shape index (κ1) is 13.7. The first-order valence-corrected chi connectivity index (χ1v) is 7.06. The molecule has 19 heavy (non-hydrogen) atoms. The smallest absolute Gasteiger partial charge is 0.213 e. The molecule has 0 unspecified atom stereocenters. The minimum absolute atomic E-state index is 0.0925. The Morgan fingerprint density at radius 3 is 2.89 bits per heavy atom. The molecule has 1 aromatic heterocycles. The summed E-state index contributed by atoms with van der Waals surface area (Å²) in [6.07, 6.45) is 6.71. The Balaban J connectivity index is 2.00. The fourth-order valence-electron chi connectivity index (χ4n) is 1.94. The fourth-order valence-corrected chi connectivity index (χ4v) is 2.60. The molecule has 0 aromatic carbocycles. The topological polar surface area (TPSA) is 80.7 Å². The molecule has 1 fully saturated rings. The van der Waals surface area contributed by atoms with Gasteiger partial charge < -0.3 is 10.2 Å². The number of amides is 1. The van der Waals surface area contributed by atoms with Crippen molar-refractivity contribution in [3.05, 3.63) is 11.1 Å². The highest BCUT2D eigenvalue weighted by molar-refractivity contribution is 7.14. The van der Waals surface area contributed by atoms with Crippen molar-refractivity contribution < 1.29 is 14.4 Å². The molecule has 1 aliphatic rings. The van der Waals surface area contributed by atoms with Crippen LogP contribution in [-0.2, 0) is 14.4 Å². The molecule has 1 heterocycles. The Morgan fingerprint density at radius 2 is 2.21 bits per heavy atom. The summed E-state index contributed by atoms with van der Waals surface area (Å²) in [5, 5.41) is 8.40. The molecule has 6 nitrogen and oxygen atoms in total. The number of hydrogen-bond acceptors (Lipinski definition) is 6. The number of thiazole rings is 1. The van der Waals surface area contributed by atoms with Gasteiger partial charge in [-0.2, -0.15) is 0 Å². The van der Waals surface area contributed by atoms with Crippen molar-refractivity contribution in [3.8, 4) is 0 Å². The average Bonchev–Trinajstić information content (AvgIpc) is 2.90. The predicted molar refractivity (Wildman–Crippen MR) is 72.4 cm³/mol. The number of carbonyl (C=O) groups is 2. The van der Waals surface area contributed by atoms with Crippen molar-refractivity contribution in [2.24, 2.45) is 5.16 Å². The highest BCUT2D eigenvalue weighted by Gasteiger charge is 2.15. The Morgan fingerprint density at radius 1 is 1.42 bits per heavy atom. The molecule has 0 radical (unpaired) electrons. The number of nitrogens with zero attached hydrogens (tertiary/aromatic N) is 2. The van der Waals surface area contributed by atoms with Gasteiger partial charge in [0.15, 0.2) is 17.1 Å². The van der Waals surface area contributed by atoms with E-state index in [1.807, 2.05) is 0 Å². The van der Waals surface area contributed by atoms with Crippen LogP contribution < -0.4 is 5.32 Å². The van der Waals surface area contributed by atoms with Crippen molar-refractivity contribution >= 4 is 34.9 Å². The molecule has 1 aliphatic carbocycles. The standard InChI is InChI=1S/C12H15N3O3S/c16-6-10(11-7-19-12(14-11)13-8-17)15-18-9-4-2-1-3-5-9/h6-9H,1-5H2,(H,13,14,17)/b15-10+. The van der Waals surface area contributed by atoms with E-state index in [2.05, 4.69) is 15.5 Å². The number of anilines is 1. The van der Waals surface area contributed by atoms with Gasteiger partial charge in [-0.1, -0.05) is 11.6 Å². The second kappa shape index (κ2) is 6.98. The van der Waals surface area contributed by atoms with Gasteiger partial charge >= 0.3 is 0 Å². The second-order valence-corrected chi connectivity index (χ2v) is 5.12. The third-order valence-electron chi connectivity index (χ3n) is 2.91. The van der Waals surface area contributed by atoms with Crippen LogP contribution in [0.1, 0.15) is 37.8 Å². The van der Waals surface area contributed by atoms with Crippen molar-refractivity contribution in [1.82, 2.24) is 4.98 Å². The van der Waals surface area contributed by atoms with E-state index in [-0.39, 0.29) is 11.8 Å². The molecule has 0 spiro atoms. The minimum atomic E-state index is 0.0925. The Labute approximate surface area is 114 Å². The molecule has 7 heteroatoms. The van der Waals surface area contributed by atoms with Crippen LogP contribution in [0.15, 0.2) is 10.5 Å². The number of rotatable bonds is 6. The first-order chi connectivity index (χ1) is 9.33. The lowest BCUT2D eigenvalue weighted by Gasteiger charge is -2.19. The number of aromatic nitrogens is 1. The summed E-state index contributed by atoms with van der Waals surface area (Å²) in [5.74, 6) is 0. The molecule has 1 aromatic rings. The van der Waals surface area contributed by atoms with Gasteiger partial charge in [0.1, 0.15) is 11.8 Å². The molecule has 1 saturated carbocycles. The molecular formula is C12H15N3O3S. The molecule has 2 rings (SSSR count). The summed E-state index contributed by atoms with van der Waals surface area (Å²) >= 11 is 1.23. The van der Waals surface area contributed by atoms with Crippen LogP contribution in [0.25, 0.3) is 0 Å². The van der Waals surface area contributed by atoms with E-state index in [1.54, 1.807) is 5.38 Å². The van der Waals surface area contributed by atoms with Crippen molar-refractivity contribution in [1.29, 1.82) is 0 Å². The number of oxime groups is 1. The summed E-state index contributed by atoms with van der Waals surface area (Å²) in [4.78, 5) is 30.8. The van der Waals surface area contributed by atoms with Gasteiger partial charge in [0.05, 0.1) is 0 Å². The molecule has 1 amide bonds. The maximum absolute atomic E-state index is 11.0. The zero-order valence-electron chi connectivity index (χ0n) is 10.4. The maximum Gasteiger partial charge on any atom is 0.213 e. The van der Waals surface area contributed by atoms with E-state index in [0.29, 0.717) is 23.5 Å². The minimum Gasteiger partial charge on any atom is -0.392 e. The van der Waals surface area contributed by atoms with Gasteiger partial charge in [0, 0.05) is 5.38 Å². The van der Waals surface area contributed by atoms with Gasteiger partial charge in [-0.05, 0) is 25.7 Å². The van der Waals surface area contributed by atoms with Gasteiger partial charge in [0.25, 0.3) is 0 Å². The lowest BCUT2D eigenvalue weighted by molar-refractivity contribution is -0.105. The van der Waals surface area contributed by atoms with Crippen LogP contribution in [-0.4, -0.2) is 29.5 Å². The quantitative estimate of drug-likeness (QED) is 0.491. The fraction of sp³-hybridized carbons (Fsp3) is 0.500. The highest BCUT2D eigenvalue weighted by Crippen LogP contribution is 2.21. The third kappa shape index (κ3) is 3.85. The first-order valence-electron chi connectivity index (χ1n) is 6.18. The highest BCUT2D eigenvalue weighted by atomic mass is 32.1. The van der Waals surface area contributed by atoms with Crippen molar-refractivity contribution in [3.63, 3.8) is 0 Å². The summed E-state index contributed by atoms with van der Waals surface area (Å²) in [6, 6.07) is 0. The molecule has 0 aliphatic heterocycles. The second-order valence-electron chi connectivity index (χ2n) is 4.26. The van der Waals surface area contributed by atoms with Crippen LogP contribution in [0.5, 0.6) is 0 Å². The SMILES string of the molecule is O=CNc1nc(/C(C=O)=N/OC2CCCCC2)cs1. The van der Waals surface area contributed by atoms with Crippen LogP contribution in [0.3, 0.4) is 0 Å². The van der Waals surface area contributed by atoms with Crippen LogP contribution in [0, 0.1) is 0 Å². The molecule has 0 saturated heterocycles. The lowest BCUT2D eigenvalue weighted by atomic mass is 9.98. The average molecular weight is 281 g/mol. The number of aldehydes is 1. The van der Waals surface area contributed by atoms with Gasteiger partial charge in [-0.25, -0.2) is 4.98 Å². The Kier molecular flexibility index (Phi) is 5.02. The van der Waals surface area contributed by atoms with Crippen molar-refractivity contribution in [2.45, 2.75) is 38.2 Å².